The van der Waals surface area contributed by atoms with Crippen LogP contribution in [0.3, 0.4) is 0 Å². The lowest BCUT2D eigenvalue weighted by Crippen LogP contribution is -2.46. The van der Waals surface area contributed by atoms with Crippen LogP contribution in [0.15, 0.2) is 0 Å². The number of hydrogen-bond acceptors (Lipinski definition) is 4. The molecule has 1 amide bonds. The van der Waals surface area contributed by atoms with E-state index < -0.39 is 12.2 Å². The van der Waals surface area contributed by atoms with Crippen molar-refractivity contribution in [3.05, 3.63) is 0 Å². The van der Waals surface area contributed by atoms with Crippen LogP contribution in [0.5, 0.6) is 0 Å². The quantitative estimate of drug-likeness (QED) is 0.680. The first kappa shape index (κ1) is 12.8. The molecule has 98 valence electrons. The first-order valence-corrected chi connectivity index (χ1v) is 6.46. The lowest BCUT2D eigenvalue weighted by atomic mass is 10.0. The van der Waals surface area contributed by atoms with Crippen molar-refractivity contribution in [2.45, 2.75) is 44.4 Å². The van der Waals surface area contributed by atoms with Crippen LogP contribution in [0.4, 0.5) is 0 Å². The SMILES string of the molecule is CC1CCCCN1C(=O)CN1CC(O)C(O)C1. The summed E-state index contributed by atoms with van der Waals surface area (Å²) < 4.78 is 0. The lowest BCUT2D eigenvalue weighted by Gasteiger charge is -2.34. The van der Waals surface area contributed by atoms with Gasteiger partial charge >= 0.3 is 0 Å². The Kier molecular flexibility index (Phi) is 4.01. The topological polar surface area (TPSA) is 64.0 Å². The fourth-order valence-electron chi connectivity index (χ4n) is 2.73. The molecule has 0 bridgehead atoms. The zero-order valence-corrected chi connectivity index (χ0v) is 10.4. The van der Waals surface area contributed by atoms with Gasteiger partial charge in [0, 0.05) is 25.7 Å². The minimum atomic E-state index is -0.707. The lowest BCUT2D eigenvalue weighted by molar-refractivity contribution is -0.135. The van der Waals surface area contributed by atoms with E-state index in [-0.39, 0.29) is 5.91 Å². The van der Waals surface area contributed by atoms with Crippen molar-refractivity contribution in [2.24, 2.45) is 0 Å². The summed E-state index contributed by atoms with van der Waals surface area (Å²) in [5, 5.41) is 18.9. The second-order valence-corrected chi connectivity index (χ2v) is 5.26. The van der Waals surface area contributed by atoms with E-state index in [4.69, 9.17) is 0 Å². The molecule has 2 rings (SSSR count). The summed E-state index contributed by atoms with van der Waals surface area (Å²) in [6.07, 6.45) is 1.95. The summed E-state index contributed by atoms with van der Waals surface area (Å²) >= 11 is 0. The summed E-state index contributed by atoms with van der Waals surface area (Å²) in [5.74, 6) is 0.124. The number of piperidine rings is 1. The molecule has 2 heterocycles. The number of carbonyl (C=O) groups excluding carboxylic acids is 1. The number of rotatable bonds is 2. The van der Waals surface area contributed by atoms with Crippen LogP contribution in [0.2, 0.25) is 0 Å². The Morgan fingerprint density at radius 2 is 1.88 bits per heavy atom. The number of amides is 1. The highest BCUT2D eigenvalue weighted by Gasteiger charge is 2.32. The van der Waals surface area contributed by atoms with Crippen LogP contribution >= 0.6 is 0 Å². The van der Waals surface area contributed by atoms with Crippen LogP contribution in [-0.2, 0) is 4.79 Å². The minimum Gasteiger partial charge on any atom is -0.389 e. The number of hydrogen-bond donors (Lipinski definition) is 2. The van der Waals surface area contributed by atoms with E-state index in [1.807, 2.05) is 9.80 Å². The number of aliphatic hydroxyl groups is 2. The van der Waals surface area contributed by atoms with Gasteiger partial charge in [0.2, 0.25) is 5.91 Å². The molecule has 17 heavy (non-hydrogen) atoms. The van der Waals surface area contributed by atoms with Gasteiger partial charge in [-0.15, -0.1) is 0 Å². The molecule has 5 nitrogen and oxygen atoms in total. The second-order valence-electron chi connectivity index (χ2n) is 5.26. The normalized spacial score (nSPS) is 35.2. The summed E-state index contributed by atoms with van der Waals surface area (Å²) in [5.41, 5.74) is 0. The van der Waals surface area contributed by atoms with Gasteiger partial charge in [0.05, 0.1) is 18.8 Å². The van der Waals surface area contributed by atoms with Crippen molar-refractivity contribution in [3.63, 3.8) is 0 Å². The molecule has 2 aliphatic rings. The van der Waals surface area contributed by atoms with Crippen LogP contribution in [0.25, 0.3) is 0 Å². The Labute approximate surface area is 102 Å². The molecule has 3 unspecified atom stereocenters. The van der Waals surface area contributed by atoms with Crippen LogP contribution in [-0.4, -0.2) is 70.3 Å². The molecule has 5 heteroatoms. The standard InChI is InChI=1S/C12H22N2O3/c1-9-4-2-3-5-14(9)12(17)8-13-6-10(15)11(16)7-13/h9-11,15-16H,2-8H2,1H3. The van der Waals surface area contributed by atoms with E-state index >= 15 is 0 Å². The number of β-amino-alcohol motifs (C(OH)–C–C–N with tert-alkyl or cyclic N) is 2. The Hall–Kier alpha value is -0.650. The highest BCUT2D eigenvalue weighted by molar-refractivity contribution is 5.78. The summed E-state index contributed by atoms with van der Waals surface area (Å²) in [7, 11) is 0. The first-order valence-electron chi connectivity index (χ1n) is 6.46. The van der Waals surface area contributed by atoms with Crippen molar-refractivity contribution in [1.29, 1.82) is 0 Å². The summed E-state index contributed by atoms with van der Waals surface area (Å²) in [6.45, 7) is 4.05. The fraction of sp³-hybridized carbons (Fsp3) is 0.917. The van der Waals surface area contributed by atoms with E-state index in [2.05, 4.69) is 6.92 Å². The zero-order chi connectivity index (χ0) is 12.4. The molecule has 2 fully saturated rings. The number of nitrogens with zero attached hydrogens (tertiary/aromatic N) is 2. The Morgan fingerprint density at radius 1 is 1.24 bits per heavy atom. The number of aliphatic hydroxyl groups excluding tert-OH is 2. The van der Waals surface area contributed by atoms with E-state index in [0.29, 0.717) is 25.7 Å². The maximum atomic E-state index is 12.1. The first-order chi connectivity index (χ1) is 8.08. The van der Waals surface area contributed by atoms with Gasteiger partial charge in [0.1, 0.15) is 0 Å². The van der Waals surface area contributed by atoms with E-state index in [1.54, 1.807) is 0 Å². The average molecular weight is 242 g/mol. The van der Waals surface area contributed by atoms with Gasteiger partial charge in [-0.05, 0) is 26.2 Å². The van der Waals surface area contributed by atoms with Gasteiger partial charge in [-0.3, -0.25) is 9.69 Å². The molecule has 0 aromatic carbocycles. The van der Waals surface area contributed by atoms with Crippen molar-refractivity contribution in [2.75, 3.05) is 26.2 Å². The molecular formula is C12H22N2O3. The van der Waals surface area contributed by atoms with Gasteiger partial charge < -0.3 is 15.1 Å². The Bertz CT molecular complexity index is 275. The number of carbonyl (C=O) groups is 1. The molecule has 0 aliphatic carbocycles. The van der Waals surface area contributed by atoms with Crippen molar-refractivity contribution < 1.29 is 15.0 Å². The smallest absolute Gasteiger partial charge is 0.236 e. The molecule has 0 spiro atoms. The molecule has 2 N–H and O–H groups in total. The van der Waals surface area contributed by atoms with Gasteiger partial charge in [0.15, 0.2) is 0 Å². The molecule has 2 saturated heterocycles. The monoisotopic (exact) mass is 242 g/mol. The largest absolute Gasteiger partial charge is 0.389 e. The van der Waals surface area contributed by atoms with Gasteiger partial charge in [-0.1, -0.05) is 0 Å². The zero-order valence-electron chi connectivity index (χ0n) is 10.4. The maximum absolute atomic E-state index is 12.1. The van der Waals surface area contributed by atoms with Crippen molar-refractivity contribution in [3.8, 4) is 0 Å². The van der Waals surface area contributed by atoms with Gasteiger partial charge in [-0.2, -0.15) is 0 Å². The average Bonchev–Trinajstić information content (AvgIpc) is 2.58. The third-order valence-electron chi connectivity index (χ3n) is 3.82. The van der Waals surface area contributed by atoms with Crippen LogP contribution in [0, 0.1) is 0 Å². The predicted molar refractivity (Wildman–Crippen MR) is 63.5 cm³/mol. The van der Waals surface area contributed by atoms with E-state index in [0.717, 1.165) is 19.4 Å². The van der Waals surface area contributed by atoms with E-state index in [1.165, 1.54) is 6.42 Å². The molecule has 3 atom stereocenters. The predicted octanol–water partition coefficient (Wildman–Crippen LogP) is -0.575. The maximum Gasteiger partial charge on any atom is 0.236 e. The van der Waals surface area contributed by atoms with E-state index in [9.17, 15) is 15.0 Å². The Balaban J connectivity index is 1.84. The van der Waals surface area contributed by atoms with Gasteiger partial charge in [-0.25, -0.2) is 0 Å². The fourth-order valence-corrected chi connectivity index (χ4v) is 2.73. The van der Waals surface area contributed by atoms with Crippen molar-refractivity contribution in [1.82, 2.24) is 9.80 Å². The molecule has 0 radical (unpaired) electrons. The third-order valence-corrected chi connectivity index (χ3v) is 3.82. The van der Waals surface area contributed by atoms with Crippen molar-refractivity contribution >= 4 is 5.91 Å². The molecule has 0 aromatic rings. The highest BCUT2D eigenvalue weighted by atomic mass is 16.3. The second kappa shape index (κ2) is 5.33. The van der Waals surface area contributed by atoms with Crippen LogP contribution in [0.1, 0.15) is 26.2 Å². The highest BCUT2D eigenvalue weighted by Crippen LogP contribution is 2.17. The minimum absolute atomic E-state index is 0.124. The number of likely N-dealkylation sites (tertiary alicyclic amines) is 2. The molecule has 0 saturated carbocycles. The summed E-state index contributed by atoms with van der Waals surface area (Å²) in [6, 6.07) is 0.328. The molecule has 0 aromatic heterocycles. The third kappa shape index (κ3) is 2.97. The van der Waals surface area contributed by atoms with Gasteiger partial charge in [0.25, 0.3) is 0 Å². The summed E-state index contributed by atoms with van der Waals surface area (Å²) in [4.78, 5) is 15.9. The molecule has 2 aliphatic heterocycles. The molecular weight excluding hydrogens is 220 g/mol. The van der Waals surface area contributed by atoms with Crippen LogP contribution < -0.4 is 0 Å². The Morgan fingerprint density at radius 3 is 2.47 bits per heavy atom.